The number of rotatable bonds is 3. The SMILES string of the molecule is Cc1ccc(OCC(=O)N2CC(C)(O)C2)c(C(C)(C)C)c1. The Balaban J connectivity index is 2.02. The summed E-state index contributed by atoms with van der Waals surface area (Å²) in [7, 11) is 0. The number of hydrogen-bond donors (Lipinski definition) is 1. The summed E-state index contributed by atoms with van der Waals surface area (Å²) in [5, 5.41) is 9.66. The number of β-amino-alcohol motifs (C(OH)–C–C–N with tert-alkyl or cyclic N) is 1. The van der Waals surface area contributed by atoms with Gasteiger partial charge in [-0.15, -0.1) is 0 Å². The molecule has 4 nitrogen and oxygen atoms in total. The number of nitrogens with zero attached hydrogens (tertiary/aromatic N) is 1. The minimum absolute atomic E-state index is 0.0161. The highest BCUT2D eigenvalue weighted by atomic mass is 16.5. The van der Waals surface area contributed by atoms with Crippen molar-refractivity contribution in [3.8, 4) is 5.75 Å². The molecule has 0 radical (unpaired) electrons. The van der Waals surface area contributed by atoms with Gasteiger partial charge in [0.1, 0.15) is 5.75 Å². The fourth-order valence-electron chi connectivity index (χ4n) is 2.54. The van der Waals surface area contributed by atoms with E-state index in [0.29, 0.717) is 13.1 Å². The molecular weight excluding hydrogens is 266 g/mol. The van der Waals surface area contributed by atoms with Crippen molar-refractivity contribution in [2.45, 2.75) is 45.6 Å². The first kappa shape index (κ1) is 15.8. The maximum Gasteiger partial charge on any atom is 0.260 e. The van der Waals surface area contributed by atoms with E-state index in [2.05, 4.69) is 26.8 Å². The van der Waals surface area contributed by atoms with E-state index in [-0.39, 0.29) is 17.9 Å². The Bertz CT molecular complexity index is 535. The molecule has 1 heterocycles. The minimum atomic E-state index is -0.740. The predicted octanol–water partition coefficient (Wildman–Crippen LogP) is 2.26. The van der Waals surface area contributed by atoms with Crippen LogP contribution in [0, 0.1) is 6.92 Å². The summed E-state index contributed by atoms with van der Waals surface area (Å²) in [6, 6.07) is 6.02. The molecule has 0 aromatic heterocycles. The maximum absolute atomic E-state index is 12.0. The van der Waals surface area contributed by atoms with E-state index in [1.165, 1.54) is 5.56 Å². The first-order valence-electron chi connectivity index (χ1n) is 7.33. The lowest BCUT2D eigenvalue weighted by molar-refractivity contribution is -0.154. The van der Waals surface area contributed by atoms with Gasteiger partial charge in [0, 0.05) is 0 Å². The van der Waals surface area contributed by atoms with Crippen LogP contribution >= 0.6 is 0 Å². The summed E-state index contributed by atoms with van der Waals surface area (Å²) in [5.41, 5.74) is 1.50. The minimum Gasteiger partial charge on any atom is -0.483 e. The number of carbonyl (C=O) groups is 1. The molecule has 1 amide bonds. The molecule has 1 N–H and O–H groups in total. The first-order chi connectivity index (χ1) is 9.58. The molecule has 1 saturated heterocycles. The average molecular weight is 291 g/mol. The van der Waals surface area contributed by atoms with Crippen molar-refractivity contribution in [1.82, 2.24) is 4.90 Å². The number of amides is 1. The summed E-state index contributed by atoms with van der Waals surface area (Å²) in [4.78, 5) is 13.6. The smallest absolute Gasteiger partial charge is 0.260 e. The van der Waals surface area contributed by atoms with E-state index in [4.69, 9.17) is 4.74 Å². The van der Waals surface area contributed by atoms with E-state index < -0.39 is 5.60 Å². The van der Waals surface area contributed by atoms with Crippen LogP contribution in [0.15, 0.2) is 18.2 Å². The zero-order valence-corrected chi connectivity index (χ0v) is 13.6. The molecule has 2 rings (SSSR count). The molecule has 0 bridgehead atoms. The fourth-order valence-corrected chi connectivity index (χ4v) is 2.54. The topological polar surface area (TPSA) is 49.8 Å². The van der Waals surface area contributed by atoms with E-state index in [0.717, 1.165) is 11.3 Å². The molecule has 0 atom stereocenters. The van der Waals surface area contributed by atoms with Crippen LogP contribution in [0.4, 0.5) is 0 Å². The van der Waals surface area contributed by atoms with Crippen molar-refractivity contribution in [1.29, 1.82) is 0 Å². The van der Waals surface area contributed by atoms with Crippen molar-refractivity contribution in [3.05, 3.63) is 29.3 Å². The Hall–Kier alpha value is -1.55. The average Bonchev–Trinajstić information content (AvgIpc) is 2.32. The zero-order chi connectivity index (χ0) is 15.8. The summed E-state index contributed by atoms with van der Waals surface area (Å²) >= 11 is 0. The van der Waals surface area contributed by atoms with Crippen LogP contribution in [0.3, 0.4) is 0 Å². The number of aryl methyl sites for hydroxylation is 1. The second kappa shape index (κ2) is 5.34. The number of aliphatic hydroxyl groups is 1. The van der Waals surface area contributed by atoms with Crippen molar-refractivity contribution < 1.29 is 14.6 Å². The lowest BCUT2D eigenvalue weighted by atomic mass is 9.85. The number of ether oxygens (including phenoxy) is 1. The van der Waals surface area contributed by atoms with Crippen LogP contribution in [0.1, 0.15) is 38.8 Å². The van der Waals surface area contributed by atoms with Crippen molar-refractivity contribution in [3.63, 3.8) is 0 Å². The molecule has 1 aliphatic rings. The molecule has 21 heavy (non-hydrogen) atoms. The third-order valence-corrected chi connectivity index (χ3v) is 3.71. The molecule has 1 aliphatic heterocycles. The zero-order valence-electron chi connectivity index (χ0n) is 13.6. The monoisotopic (exact) mass is 291 g/mol. The van der Waals surface area contributed by atoms with Crippen molar-refractivity contribution >= 4 is 5.91 Å². The highest BCUT2D eigenvalue weighted by Crippen LogP contribution is 2.32. The molecule has 0 spiro atoms. The number of benzene rings is 1. The number of likely N-dealkylation sites (tertiary alicyclic amines) is 1. The lowest BCUT2D eigenvalue weighted by Gasteiger charge is -2.44. The molecule has 0 unspecified atom stereocenters. The molecule has 4 heteroatoms. The molecule has 116 valence electrons. The summed E-state index contributed by atoms with van der Waals surface area (Å²) in [5.74, 6) is 0.677. The standard InChI is InChI=1S/C17H25NO3/c1-12-6-7-14(13(8-12)16(2,3)4)21-9-15(19)18-10-17(5,20)11-18/h6-8,20H,9-11H2,1-5H3. The van der Waals surface area contributed by atoms with E-state index >= 15 is 0 Å². The van der Waals surface area contributed by atoms with Crippen LogP contribution in [-0.2, 0) is 10.2 Å². The summed E-state index contributed by atoms with van der Waals surface area (Å²) in [6.07, 6.45) is 0. The predicted molar refractivity (Wildman–Crippen MR) is 82.6 cm³/mol. The van der Waals surface area contributed by atoms with Crippen molar-refractivity contribution in [2.75, 3.05) is 19.7 Å². The van der Waals surface area contributed by atoms with Gasteiger partial charge in [-0.1, -0.05) is 38.5 Å². The van der Waals surface area contributed by atoms with Gasteiger partial charge in [0.2, 0.25) is 0 Å². The van der Waals surface area contributed by atoms with Crippen LogP contribution in [0.5, 0.6) is 5.75 Å². The Morgan fingerprint density at radius 2 is 2.00 bits per heavy atom. The van der Waals surface area contributed by atoms with E-state index in [1.54, 1.807) is 11.8 Å². The normalized spacial score (nSPS) is 17.3. The second-order valence-electron chi connectivity index (χ2n) is 7.29. The van der Waals surface area contributed by atoms with Gasteiger partial charge in [-0.05, 0) is 30.9 Å². The molecule has 0 saturated carbocycles. The number of hydrogen-bond acceptors (Lipinski definition) is 3. The van der Waals surface area contributed by atoms with Gasteiger partial charge >= 0.3 is 0 Å². The van der Waals surface area contributed by atoms with Crippen molar-refractivity contribution in [2.24, 2.45) is 0 Å². The van der Waals surface area contributed by atoms with Gasteiger partial charge in [-0.2, -0.15) is 0 Å². The number of carbonyl (C=O) groups excluding carboxylic acids is 1. The van der Waals surface area contributed by atoms with Crippen LogP contribution in [0.25, 0.3) is 0 Å². The van der Waals surface area contributed by atoms with Gasteiger partial charge < -0.3 is 14.7 Å². The van der Waals surface area contributed by atoms with Crippen LogP contribution in [-0.4, -0.2) is 41.2 Å². The van der Waals surface area contributed by atoms with E-state index in [9.17, 15) is 9.90 Å². The summed E-state index contributed by atoms with van der Waals surface area (Å²) in [6.45, 7) is 10.9. The highest BCUT2D eigenvalue weighted by Gasteiger charge is 2.39. The van der Waals surface area contributed by atoms with Gasteiger partial charge in [-0.3, -0.25) is 4.79 Å². The Morgan fingerprint density at radius 3 is 2.52 bits per heavy atom. The van der Waals surface area contributed by atoms with Crippen LogP contribution in [0.2, 0.25) is 0 Å². The molecule has 1 fully saturated rings. The van der Waals surface area contributed by atoms with Crippen LogP contribution < -0.4 is 4.74 Å². The summed E-state index contributed by atoms with van der Waals surface area (Å²) < 4.78 is 5.73. The third kappa shape index (κ3) is 3.76. The Morgan fingerprint density at radius 1 is 1.38 bits per heavy atom. The second-order valence-corrected chi connectivity index (χ2v) is 7.29. The Labute approximate surface area is 126 Å². The maximum atomic E-state index is 12.0. The lowest BCUT2D eigenvalue weighted by Crippen LogP contribution is -2.62. The third-order valence-electron chi connectivity index (χ3n) is 3.71. The van der Waals surface area contributed by atoms with Gasteiger partial charge in [0.25, 0.3) is 5.91 Å². The molecule has 0 aliphatic carbocycles. The first-order valence-corrected chi connectivity index (χ1v) is 7.33. The molecule has 1 aromatic rings. The van der Waals surface area contributed by atoms with Gasteiger partial charge in [-0.25, -0.2) is 0 Å². The van der Waals surface area contributed by atoms with E-state index in [1.807, 2.05) is 19.1 Å². The molecular formula is C17H25NO3. The highest BCUT2D eigenvalue weighted by molar-refractivity contribution is 5.79. The molecule has 1 aromatic carbocycles. The quantitative estimate of drug-likeness (QED) is 0.929. The van der Waals surface area contributed by atoms with Gasteiger partial charge in [0.05, 0.1) is 18.7 Å². The Kier molecular flexibility index (Phi) is 4.02. The van der Waals surface area contributed by atoms with Gasteiger partial charge in [0.15, 0.2) is 6.61 Å². The largest absolute Gasteiger partial charge is 0.483 e. The fraction of sp³-hybridized carbons (Fsp3) is 0.588.